The van der Waals surface area contributed by atoms with Crippen LogP contribution in [0.1, 0.15) is 58.9 Å². The van der Waals surface area contributed by atoms with Crippen LogP contribution in [0.4, 0.5) is 10.2 Å². The standard InChI is InChI=1S/C30H30FN5O3/c1-17(2)15-36-16-20(21-6-3-4-8-23(21)31)11-24(28(36)38)34-27(37)19-10-18-12-30(13-25(18)33-14-19)22-7-5-9-32-26(22)35-29(30)39/h3-10,14,17,20,24H,11-13,15-16H2,1-2H3,(H,34,37)(H,32,35,39)/t20-,24+,30?/m1/s1. The first-order chi connectivity index (χ1) is 18.7. The topological polar surface area (TPSA) is 104 Å². The molecule has 200 valence electrons. The van der Waals surface area contributed by atoms with Gasteiger partial charge in [0.1, 0.15) is 17.7 Å². The van der Waals surface area contributed by atoms with Gasteiger partial charge in [0, 0.05) is 49.1 Å². The minimum Gasteiger partial charge on any atom is -0.340 e. The molecule has 0 radical (unpaired) electrons. The van der Waals surface area contributed by atoms with Crippen molar-refractivity contribution in [2.45, 2.75) is 50.5 Å². The van der Waals surface area contributed by atoms with Crippen molar-refractivity contribution in [3.05, 3.63) is 88.6 Å². The zero-order valence-corrected chi connectivity index (χ0v) is 21.9. The van der Waals surface area contributed by atoms with Crippen molar-refractivity contribution in [2.75, 3.05) is 18.4 Å². The SMILES string of the molecule is CC(C)CN1C[C@H](c2ccccc2F)C[C@H](NC(=O)c2cnc3c(c2)CC2(C3)C(=O)Nc3ncccc32)C1=O. The molecule has 3 atom stereocenters. The number of fused-ring (bicyclic) bond motifs is 3. The van der Waals surface area contributed by atoms with E-state index in [1.165, 1.54) is 12.3 Å². The van der Waals surface area contributed by atoms with Gasteiger partial charge in [-0.1, -0.05) is 38.1 Å². The summed E-state index contributed by atoms with van der Waals surface area (Å²) < 4.78 is 14.7. The van der Waals surface area contributed by atoms with Crippen molar-refractivity contribution < 1.29 is 18.8 Å². The van der Waals surface area contributed by atoms with Crippen molar-refractivity contribution in [1.29, 1.82) is 0 Å². The molecule has 4 heterocycles. The number of rotatable bonds is 5. The van der Waals surface area contributed by atoms with E-state index in [9.17, 15) is 18.8 Å². The molecule has 39 heavy (non-hydrogen) atoms. The third-order valence-electron chi connectivity index (χ3n) is 8.08. The number of carbonyl (C=O) groups is 3. The Hall–Kier alpha value is -4.14. The number of carbonyl (C=O) groups excluding carboxylic acids is 3. The quantitative estimate of drug-likeness (QED) is 0.530. The molecular weight excluding hydrogens is 497 g/mol. The van der Waals surface area contributed by atoms with E-state index in [-0.39, 0.29) is 29.5 Å². The molecule has 3 amide bonds. The van der Waals surface area contributed by atoms with E-state index in [4.69, 9.17) is 0 Å². The lowest BCUT2D eigenvalue weighted by molar-refractivity contribution is -0.137. The van der Waals surface area contributed by atoms with E-state index >= 15 is 0 Å². The Morgan fingerprint density at radius 3 is 2.79 bits per heavy atom. The lowest BCUT2D eigenvalue weighted by Crippen LogP contribution is -2.55. The number of hydrogen-bond donors (Lipinski definition) is 2. The first-order valence-corrected chi connectivity index (χ1v) is 13.3. The summed E-state index contributed by atoms with van der Waals surface area (Å²) in [5, 5.41) is 5.78. The molecule has 0 saturated carbocycles. The molecule has 3 aliphatic rings. The number of amides is 3. The molecule has 2 aliphatic heterocycles. The van der Waals surface area contributed by atoms with Gasteiger partial charge in [-0.15, -0.1) is 0 Å². The van der Waals surface area contributed by atoms with Crippen molar-refractivity contribution in [3.63, 3.8) is 0 Å². The average molecular weight is 528 g/mol. The molecule has 6 rings (SSSR count). The number of nitrogens with one attached hydrogen (secondary N) is 2. The number of nitrogens with zero attached hydrogens (tertiary/aromatic N) is 3. The van der Waals surface area contributed by atoms with Crippen LogP contribution in [0.5, 0.6) is 0 Å². The average Bonchev–Trinajstić information content (AvgIpc) is 3.43. The molecule has 1 aromatic carbocycles. The summed E-state index contributed by atoms with van der Waals surface area (Å²) in [6.45, 7) is 4.98. The number of benzene rings is 1. The maximum absolute atomic E-state index is 14.7. The van der Waals surface area contributed by atoms with Crippen LogP contribution in [-0.2, 0) is 27.8 Å². The van der Waals surface area contributed by atoms with Gasteiger partial charge in [0.05, 0.1) is 11.0 Å². The van der Waals surface area contributed by atoms with Crippen LogP contribution in [0.25, 0.3) is 0 Å². The Kier molecular flexibility index (Phi) is 6.16. The summed E-state index contributed by atoms with van der Waals surface area (Å²) in [5.41, 5.74) is 2.54. The van der Waals surface area contributed by atoms with Gasteiger partial charge in [-0.3, -0.25) is 19.4 Å². The van der Waals surface area contributed by atoms with Crippen molar-refractivity contribution in [3.8, 4) is 0 Å². The van der Waals surface area contributed by atoms with Crippen LogP contribution in [0.15, 0.2) is 54.9 Å². The van der Waals surface area contributed by atoms with E-state index in [0.717, 1.165) is 16.8 Å². The van der Waals surface area contributed by atoms with Crippen molar-refractivity contribution in [2.24, 2.45) is 5.92 Å². The molecule has 1 aliphatic carbocycles. The van der Waals surface area contributed by atoms with Crippen LogP contribution >= 0.6 is 0 Å². The minimum atomic E-state index is -0.784. The number of halogens is 1. The summed E-state index contributed by atoms with van der Waals surface area (Å²) >= 11 is 0. The summed E-state index contributed by atoms with van der Waals surface area (Å²) in [6.07, 6.45) is 4.31. The number of aromatic nitrogens is 2. The molecule has 1 fully saturated rings. The van der Waals surface area contributed by atoms with Crippen molar-refractivity contribution >= 4 is 23.5 Å². The summed E-state index contributed by atoms with van der Waals surface area (Å²) in [5.74, 6) is -0.440. The predicted molar refractivity (Wildman–Crippen MR) is 143 cm³/mol. The van der Waals surface area contributed by atoms with E-state index in [0.29, 0.717) is 49.3 Å². The highest BCUT2D eigenvalue weighted by Crippen LogP contribution is 2.46. The normalized spacial score (nSPS) is 23.6. The maximum Gasteiger partial charge on any atom is 0.253 e. The molecule has 2 N–H and O–H groups in total. The molecule has 9 heteroatoms. The Bertz CT molecular complexity index is 1490. The first kappa shape index (κ1) is 25.2. The number of likely N-dealkylation sites (tertiary alicyclic amines) is 1. The van der Waals surface area contributed by atoms with E-state index in [2.05, 4.69) is 20.6 Å². The molecule has 3 aromatic rings. The molecule has 8 nitrogen and oxygen atoms in total. The van der Waals surface area contributed by atoms with Crippen LogP contribution in [0.3, 0.4) is 0 Å². The second kappa shape index (κ2) is 9.55. The van der Waals surface area contributed by atoms with Crippen LogP contribution < -0.4 is 10.6 Å². The van der Waals surface area contributed by atoms with Gasteiger partial charge >= 0.3 is 0 Å². The van der Waals surface area contributed by atoms with E-state index in [1.54, 1.807) is 35.4 Å². The molecule has 2 aromatic heterocycles. The third kappa shape index (κ3) is 4.35. The second-order valence-electron chi connectivity index (χ2n) is 11.2. The predicted octanol–water partition coefficient (Wildman–Crippen LogP) is 3.37. The monoisotopic (exact) mass is 527 g/mol. The van der Waals surface area contributed by atoms with Crippen molar-refractivity contribution in [1.82, 2.24) is 20.2 Å². The Morgan fingerprint density at radius 1 is 1.18 bits per heavy atom. The van der Waals surface area contributed by atoms with Crippen LogP contribution in [-0.4, -0.2) is 51.7 Å². The molecule has 1 spiro atoms. The maximum atomic E-state index is 14.7. The highest BCUT2D eigenvalue weighted by atomic mass is 19.1. The molecule has 0 bridgehead atoms. The fraction of sp³-hybridized carbons (Fsp3) is 0.367. The van der Waals surface area contributed by atoms with Gasteiger partial charge in [-0.05, 0) is 48.1 Å². The van der Waals surface area contributed by atoms with E-state index in [1.807, 2.05) is 26.0 Å². The number of piperidine rings is 1. The summed E-state index contributed by atoms with van der Waals surface area (Å²) in [4.78, 5) is 50.3. The number of anilines is 1. The Morgan fingerprint density at radius 2 is 2.00 bits per heavy atom. The molecular formula is C30H30FN5O3. The summed E-state index contributed by atoms with van der Waals surface area (Å²) in [7, 11) is 0. The van der Waals surface area contributed by atoms with Gasteiger partial charge in [-0.2, -0.15) is 0 Å². The van der Waals surface area contributed by atoms with E-state index < -0.39 is 17.4 Å². The van der Waals surface area contributed by atoms with Gasteiger partial charge in [0.2, 0.25) is 11.8 Å². The van der Waals surface area contributed by atoms with Gasteiger partial charge in [-0.25, -0.2) is 9.37 Å². The highest BCUT2D eigenvalue weighted by molar-refractivity contribution is 6.06. The second-order valence-corrected chi connectivity index (χ2v) is 11.2. The Balaban J connectivity index is 1.23. The van der Waals surface area contributed by atoms with Crippen LogP contribution in [0.2, 0.25) is 0 Å². The highest BCUT2D eigenvalue weighted by Gasteiger charge is 2.51. The smallest absolute Gasteiger partial charge is 0.253 e. The summed E-state index contributed by atoms with van der Waals surface area (Å²) in [6, 6.07) is 11.3. The zero-order valence-electron chi connectivity index (χ0n) is 21.9. The fourth-order valence-corrected chi connectivity index (χ4v) is 6.28. The molecule has 1 unspecified atom stereocenters. The fourth-order valence-electron chi connectivity index (χ4n) is 6.28. The molecule has 1 saturated heterocycles. The van der Waals surface area contributed by atoms with Crippen LogP contribution in [0, 0.1) is 11.7 Å². The Labute approximate surface area is 226 Å². The third-order valence-corrected chi connectivity index (χ3v) is 8.08. The van der Waals surface area contributed by atoms with Gasteiger partial charge in [0.15, 0.2) is 0 Å². The number of hydrogen-bond acceptors (Lipinski definition) is 5. The van der Waals surface area contributed by atoms with Gasteiger partial charge in [0.25, 0.3) is 5.91 Å². The lowest BCUT2D eigenvalue weighted by atomic mass is 9.80. The largest absolute Gasteiger partial charge is 0.340 e. The van der Waals surface area contributed by atoms with Gasteiger partial charge < -0.3 is 15.5 Å². The minimum absolute atomic E-state index is 0.113. The number of pyridine rings is 2. The zero-order chi connectivity index (χ0) is 27.3. The lowest BCUT2D eigenvalue weighted by Gasteiger charge is -2.38. The first-order valence-electron chi connectivity index (χ1n) is 13.3.